The van der Waals surface area contributed by atoms with Crippen LogP contribution in [0.3, 0.4) is 0 Å². The molecule has 0 aliphatic heterocycles. The maximum absolute atomic E-state index is 13.6. The maximum Gasteiger partial charge on any atom is 0.417 e. The highest BCUT2D eigenvalue weighted by Crippen LogP contribution is 2.39. The number of benzene rings is 2. The summed E-state index contributed by atoms with van der Waals surface area (Å²) in [6, 6.07) is 6.86. The standard InChI is InChI=1S/C22H16Cl3F2N3O6S/c1-35-9-30(37(33,34)11-2-3-13(24)12(7-11)21(26)27)16-6-10(23)8-28-18(16)19(31)17-14(25)4-5-15-20(17)36-22(32)29-15/h2-8,19,21,31H,9H2,1H3,(H,29,32). The molecule has 37 heavy (non-hydrogen) atoms. The summed E-state index contributed by atoms with van der Waals surface area (Å²) < 4.78 is 65.0. The monoisotopic (exact) mass is 593 g/mol. The van der Waals surface area contributed by atoms with Crippen molar-refractivity contribution >= 4 is 61.6 Å². The van der Waals surface area contributed by atoms with Crippen LogP contribution in [0.1, 0.15) is 29.4 Å². The van der Waals surface area contributed by atoms with Gasteiger partial charge in [-0.3, -0.25) is 9.97 Å². The summed E-state index contributed by atoms with van der Waals surface area (Å²) in [6.07, 6.45) is -3.61. The number of aromatic amines is 1. The summed E-state index contributed by atoms with van der Waals surface area (Å²) in [5, 5.41) is 11.0. The minimum atomic E-state index is -4.60. The van der Waals surface area contributed by atoms with Crippen LogP contribution in [-0.2, 0) is 14.8 Å². The normalized spacial score (nSPS) is 12.9. The van der Waals surface area contributed by atoms with Gasteiger partial charge in [-0.25, -0.2) is 26.3 Å². The first-order valence-corrected chi connectivity index (χ1v) is 12.8. The van der Waals surface area contributed by atoms with Crippen molar-refractivity contribution in [2.45, 2.75) is 17.4 Å². The molecule has 0 saturated carbocycles. The summed E-state index contributed by atoms with van der Waals surface area (Å²) in [5.41, 5.74) is -1.12. The number of hydrogen-bond donors (Lipinski definition) is 2. The van der Waals surface area contributed by atoms with Crippen LogP contribution >= 0.6 is 34.8 Å². The van der Waals surface area contributed by atoms with Crippen molar-refractivity contribution in [2.24, 2.45) is 0 Å². The molecule has 2 aromatic carbocycles. The molecule has 0 bridgehead atoms. The third-order valence-electron chi connectivity index (χ3n) is 5.28. The second kappa shape index (κ2) is 10.6. The number of H-pyrrole nitrogens is 1. The number of nitrogens with one attached hydrogen (secondary N) is 1. The van der Waals surface area contributed by atoms with E-state index in [1.807, 2.05) is 0 Å². The van der Waals surface area contributed by atoms with Crippen LogP contribution in [0, 0.1) is 0 Å². The molecule has 2 heterocycles. The van der Waals surface area contributed by atoms with Gasteiger partial charge >= 0.3 is 5.76 Å². The van der Waals surface area contributed by atoms with Gasteiger partial charge < -0.3 is 14.3 Å². The molecule has 2 aromatic heterocycles. The average Bonchev–Trinajstić information content (AvgIpc) is 3.22. The Morgan fingerprint density at radius 1 is 1.16 bits per heavy atom. The Morgan fingerprint density at radius 2 is 1.86 bits per heavy atom. The first-order chi connectivity index (χ1) is 17.4. The Balaban J connectivity index is 1.92. The van der Waals surface area contributed by atoms with Crippen LogP contribution in [0.4, 0.5) is 14.5 Å². The summed E-state index contributed by atoms with van der Waals surface area (Å²) in [4.78, 5) is 17.8. The molecule has 15 heteroatoms. The topological polar surface area (TPSA) is 126 Å². The van der Waals surface area contributed by atoms with E-state index >= 15 is 0 Å². The number of aliphatic hydroxyl groups is 1. The number of aromatic nitrogens is 2. The Labute approximate surface area is 223 Å². The van der Waals surface area contributed by atoms with Crippen molar-refractivity contribution in [3.05, 3.63) is 85.0 Å². The molecule has 2 N–H and O–H groups in total. The van der Waals surface area contributed by atoms with E-state index in [1.54, 1.807) is 0 Å². The lowest BCUT2D eigenvalue weighted by Crippen LogP contribution is -2.34. The van der Waals surface area contributed by atoms with Gasteiger partial charge in [-0.1, -0.05) is 34.8 Å². The molecule has 0 fully saturated rings. The Bertz CT molecular complexity index is 1640. The van der Waals surface area contributed by atoms with Gasteiger partial charge in [0.15, 0.2) is 5.58 Å². The van der Waals surface area contributed by atoms with Crippen molar-refractivity contribution in [3.63, 3.8) is 0 Å². The highest BCUT2D eigenvalue weighted by molar-refractivity contribution is 7.92. The van der Waals surface area contributed by atoms with Gasteiger partial charge in [0.25, 0.3) is 16.4 Å². The van der Waals surface area contributed by atoms with Crippen molar-refractivity contribution in [1.29, 1.82) is 0 Å². The van der Waals surface area contributed by atoms with Crippen LogP contribution in [0.25, 0.3) is 11.1 Å². The fourth-order valence-corrected chi connectivity index (χ4v) is 5.64. The van der Waals surface area contributed by atoms with Crippen molar-refractivity contribution in [3.8, 4) is 0 Å². The van der Waals surface area contributed by atoms with Crippen LogP contribution in [0.2, 0.25) is 15.1 Å². The van der Waals surface area contributed by atoms with Crippen LogP contribution in [0.15, 0.2) is 56.7 Å². The molecule has 0 saturated heterocycles. The van der Waals surface area contributed by atoms with Gasteiger partial charge in [-0.2, -0.15) is 0 Å². The molecule has 0 aliphatic carbocycles. The maximum atomic E-state index is 13.6. The fourth-order valence-electron chi connectivity index (χ4n) is 3.62. The number of methoxy groups -OCH3 is 1. The number of hydrogen-bond acceptors (Lipinski definition) is 7. The average molecular weight is 595 g/mol. The Morgan fingerprint density at radius 3 is 2.54 bits per heavy atom. The van der Waals surface area contributed by atoms with Crippen LogP contribution in [0.5, 0.6) is 0 Å². The van der Waals surface area contributed by atoms with E-state index in [9.17, 15) is 27.1 Å². The van der Waals surface area contributed by atoms with Gasteiger partial charge in [-0.05, 0) is 36.4 Å². The number of pyridine rings is 1. The van der Waals surface area contributed by atoms with E-state index < -0.39 is 45.5 Å². The molecule has 4 aromatic rings. The smallest absolute Gasteiger partial charge is 0.407 e. The highest BCUT2D eigenvalue weighted by atomic mass is 35.5. The van der Waals surface area contributed by atoms with Gasteiger partial charge in [0, 0.05) is 23.9 Å². The minimum absolute atomic E-state index is 0.00845. The molecule has 9 nitrogen and oxygen atoms in total. The second-order valence-corrected chi connectivity index (χ2v) is 10.7. The molecular formula is C22H16Cl3F2N3O6S. The highest BCUT2D eigenvalue weighted by Gasteiger charge is 2.33. The number of ether oxygens (including phenoxy) is 1. The number of aliphatic hydroxyl groups excluding tert-OH is 1. The number of alkyl halides is 2. The zero-order valence-corrected chi connectivity index (χ0v) is 21.7. The number of sulfonamides is 1. The van der Waals surface area contributed by atoms with Crippen molar-refractivity contribution in [2.75, 3.05) is 18.1 Å². The zero-order chi connectivity index (χ0) is 27.1. The Hall–Kier alpha value is -2.74. The molecule has 196 valence electrons. The number of rotatable bonds is 8. The van der Waals surface area contributed by atoms with E-state index in [-0.39, 0.29) is 43.1 Å². The number of fused-ring (bicyclic) bond motifs is 1. The molecule has 1 unspecified atom stereocenters. The summed E-state index contributed by atoms with van der Waals surface area (Å²) >= 11 is 18.2. The summed E-state index contributed by atoms with van der Waals surface area (Å²) in [5.74, 6) is -0.809. The number of anilines is 1. The molecule has 4 rings (SSSR count). The molecule has 0 radical (unpaired) electrons. The second-order valence-electron chi connectivity index (χ2n) is 7.57. The predicted molar refractivity (Wildman–Crippen MR) is 133 cm³/mol. The van der Waals surface area contributed by atoms with E-state index in [4.69, 9.17) is 44.0 Å². The van der Waals surface area contributed by atoms with E-state index in [1.165, 1.54) is 25.3 Å². The third-order valence-corrected chi connectivity index (χ3v) is 7.89. The molecule has 1 atom stereocenters. The third kappa shape index (κ3) is 5.17. The lowest BCUT2D eigenvalue weighted by Gasteiger charge is -2.27. The Kier molecular flexibility index (Phi) is 7.79. The van der Waals surface area contributed by atoms with E-state index in [2.05, 4.69) is 9.97 Å². The van der Waals surface area contributed by atoms with Crippen molar-refractivity contribution in [1.82, 2.24) is 9.97 Å². The first kappa shape index (κ1) is 27.3. The summed E-state index contributed by atoms with van der Waals surface area (Å²) in [7, 11) is -3.40. The molecule has 0 spiro atoms. The van der Waals surface area contributed by atoms with E-state index in [0.29, 0.717) is 4.31 Å². The van der Waals surface area contributed by atoms with E-state index in [0.717, 1.165) is 24.4 Å². The minimum Gasteiger partial charge on any atom is -0.407 e. The fraction of sp³-hybridized carbons (Fsp3) is 0.182. The summed E-state index contributed by atoms with van der Waals surface area (Å²) in [6.45, 7) is -0.617. The molecule has 0 aliphatic rings. The SMILES string of the molecule is COCN(c1cc(Cl)cnc1C(O)c1c(Cl)ccc2[nH]c(=O)oc12)S(=O)(=O)c1ccc(Cl)c(C(F)F)c1. The predicted octanol–water partition coefficient (Wildman–Crippen LogP) is 5.29. The van der Waals surface area contributed by atoms with Crippen LogP contribution in [-0.4, -0.2) is 37.3 Å². The van der Waals surface area contributed by atoms with Crippen molar-refractivity contribution < 1.29 is 31.5 Å². The molecule has 0 amide bonds. The zero-order valence-electron chi connectivity index (χ0n) is 18.6. The molecular weight excluding hydrogens is 579 g/mol. The quantitative estimate of drug-likeness (QED) is 0.265. The lowest BCUT2D eigenvalue weighted by molar-refractivity contribution is 0.151. The van der Waals surface area contributed by atoms with Gasteiger partial charge in [0.05, 0.1) is 37.4 Å². The number of nitrogens with zero attached hydrogens (tertiary/aromatic N) is 2. The van der Waals surface area contributed by atoms with Crippen LogP contribution < -0.4 is 10.1 Å². The largest absolute Gasteiger partial charge is 0.417 e. The number of oxazole rings is 1. The first-order valence-electron chi connectivity index (χ1n) is 10.2. The number of halogens is 5. The van der Waals surface area contributed by atoms with Gasteiger partial charge in [0.2, 0.25) is 0 Å². The van der Waals surface area contributed by atoms with Gasteiger partial charge in [0.1, 0.15) is 12.8 Å². The van der Waals surface area contributed by atoms with Gasteiger partial charge in [-0.15, -0.1) is 0 Å². The lowest BCUT2D eigenvalue weighted by atomic mass is 10.0.